The fourth-order valence-electron chi connectivity index (χ4n) is 2.90. The number of rotatable bonds is 8. The van der Waals surface area contributed by atoms with Gasteiger partial charge in [-0.2, -0.15) is 5.10 Å². The van der Waals surface area contributed by atoms with Crippen LogP contribution in [0, 0.1) is 0 Å². The minimum absolute atomic E-state index is 0.0396. The summed E-state index contributed by atoms with van der Waals surface area (Å²) in [5, 5.41) is 4.48. The predicted octanol–water partition coefficient (Wildman–Crippen LogP) is 4.67. The second-order valence-corrected chi connectivity index (χ2v) is 6.46. The highest BCUT2D eigenvalue weighted by Gasteiger charge is 2.31. The zero-order chi connectivity index (χ0) is 20.6. The SMILES string of the molecule is CCCOC(=O)c1nn(-c2ccccc2)c(-c2ccccc2)c1C(=O)OCCC. The molecule has 0 aliphatic carbocycles. The summed E-state index contributed by atoms with van der Waals surface area (Å²) >= 11 is 0. The van der Waals surface area contributed by atoms with E-state index in [2.05, 4.69) is 5.10 Å². The van der Waals surface area contributed by atoms with Crippen LogP contribution in [-0.2, 0) is 9.47 Å². The number of benzene rings is 2. The molecule has 150 valence electrons. The van der Waals surface area contributed by atoms with Gasteiger partial charge >= 0.3 is 11.9 Å². The van der Waals surface area contributed by atoms with Crippen molar-refractivity contribution in [1.29, 1.82) is 0 Å². The van der Waals surface area contributed by atoms with Crippen LogP contribution in [0.25, 0.3) is 16.9 Å². The van der Waals surface area contributed by atoms with Crippen molar-refractivity contribution in [1.82, 2.24) is 9.78 Å². The monoisotopic (exact) mass is 392 g/mol. The van der Waals surface area contributed by atoms with E-state index in [0.29, 0.717) is 18.5 Å². The first kappa shape index (κ1) is 20.3. The summed E-state index contributed by atoms with van der Waals surface area (Å²) in [6, 6.07) is 18.7. The van der Waals surface area contributed by atoms with Crippen LogP contribution in [-0.4, -0.2) is 34.9 Å². The van der Waals surface area contributed by atoms with E-state index in [4.69, 9.17) is 9.47 Å². The molecule has 0 N–H and O–H groups in total. The molecule has 3 rings (SSSR count). The van der Waals surface area contributed by atoms with Gasteiger partial charge in [0.1, 0.15) is 5.56 Å². The molecule has 3 aromatic rings. The lowest BCUT2D eigenvalue weighted by Gasteiger charge is -2.10. The van der Waals surface area contributed by atoms with Gasteiger partial charge in [0.25, 0.3) is 0 Å². The van der Waals surface area contributed by atoms with Gasteiger partial charge < -0.3 is 9.47 Å². The highest BCUT2D eigenvalue weighted by atomic mass is 16.5. The molecule has 0 spiro atoms. The van der Waals surface area contributed by atoms with Gasteiger partial charge in [0.2, 0.25) is 0 Å². The smallest absolute Gasteiger partial charge is 0.359 e. The Morgan fingerprint density at radius 1 is 0.828 bits per heavy atom. The molecule has 0 amide bonds. The largest absolute Gasteiger partial charge is 0.462 e. The molecule has 0 aliphatic rings. The van der Waals surface area contributed by atoms with Crippen LogP contribution in [0.3, 0.4) is 0 Å². The first-order valence-corrected chi connectivity index (χ1v) is 9.75. The molecular formula is C23H24N2O4. The van der Waals surface area contributed by atoms with Crippen LogP contribution in [0.15, 0.2) is 60.7 Å². The lowest BCUT2D eigenvalue weighted by molar-refractivity contribution is 0.0455. The number of hydrogen-bond acceptors (Lipinski definition) is 5. The molecular weight excluding hydrogens is 368 g/mol. The summed E-state index contributed by atoms with van der Waals surface area (Å²) < 4.78 is 12.3. The molecule has 6 heteroatoms. The molecule has 0 fully saturated rings. The van der Waals surface area contributed by atoms with Crippen LogP contribution in [0.4, 0.5) is 0 Å². The highest BCUT2D eigenvalue weighted by Crippen LogP contribution is 2.30. The maximum Gasteiger partial charge on any atom is 0.359 e. The molecule has 0 atom stereocenters. The molecule has 0 aliphatic heterocycles. The fraction of sp³-hybridized carbons (Fsp3) is 0.261. The number of nitrogens with zero attached hydrogens (tertiary/aromatic N) is 2. The number of para-hydroxylation sites is 1. The van der Waals surface area contributed by atoms with Gasteiger partial charge in [-0.05, 0) is 25.0 Å². The van der Waals surface area contributed by atoms with E-state index in [-0.39, 0.29) is 24.5 Å². The van der Waals surface area contributed by atoms with Crippen LogP contribution in [0.2, 0.25) is 0 Å². The summed E-state index contributed by atoms with van der Waals surface area (Å²) in [6.07, 6.45) is 1.35. The zero-order valence-corrected chi connectivity index (χ0v) is 16.6. The average molecular weight is 392 g/mol. The Bertz CT molecular complexity index is 965. The third-order valence-electron chi connectivity index (χ3n) is 4.21. The van der Waals surface area contributed by atoms with Crippen LogP contribution < -0.4 is 0 Å². The quantitative estimate of drug-likeness (QED) is 0.521. The lowest BCUT2D eigenvalue weighted by Crippen LogP contribution is -2.14. The zero-order valence-electron chi connectivity index (χ0n) is 16.6. The second kappa shape index (κ2) is 9.68. The van der Waals surface area contributed by atoms with E-state index in [9.17, 15) is 9.59 Å². The van der Waals surface area contributed by atoms with Gasteiger partial charge in [-0.25, -0.2) is 14.3 Å². The predicted molar refractivity (Wildman–Crippen MR) is 110 cm³/mol. The first-order valence-electron chi connectivity index (χ1n) is 9.75. The fourth-order valence-corrected chi connectivity index (χ4v) is 2.90. The second-order valence-electron chi connectivity index (χ2n) is 6.46. The van der Waals surface area contributed by atoms with Gasteiger partial charge in [0, 0.05) is 5.56 Å². The molecule has 2 aromatic carbocycles. The van der Waals surface area contributed by atoms with Gasteiger partial charge in [0.05, 0.1) is 24.6 Å². The number of hydrogen-bond donors (Lipinski definition) is 0. The van der Waals surface area contributed by atoms with E-state index in [1.54, 1.807) is 4.68 Å². The molecule has 0 saturated carbocycles. The molecule has 1 heterocycles. The summed E-state index contributed by atoms with van der Waals surface area (Å²) in [6.45, 7) is 4.32. The van der Waals surface area contributed by atoms with E-state index in [1.807, 2.05) is 74.5 Å². The van der Waals surface area contributed by atoms with E-state index in [0.717, 1.165) is 11.3 Å². The molecule has 0 unspecified atom stereocenters. The van der Waals surface area contributed by atoms with Crippen molar-refractivity contribution in [3.63, 3.8) is 0 Å². The molecule has 0 bridgehead atoms. The summed E-state index contributed by atoms with van der Waals surface area (Å²) in [4.78, 5) is 25.7. The van der Waals surface area contributed by atoms with Crippen LogP contribution >= 0.6 is 0 Å². The van der Waals surface area contributed by atoms with Crippen molar-refractivity contribution in [2.45, 2.75) is 26.7 Å². The van der Waals surface area contributed by atoms with E-state index in [1.165, 1.54) is 0 Å². The maximum absolute atomic E-state index is 13.0. The Morgan fingerprint density at radius 3 is 1.97 bits per heavy atom. The Morgan fingerprint density at radius 2 is 1.38 bits per heavy atom. The van der Waals surface area contributed by atoms with Crippen molar-refractivity contribution in [3.8, 4) is 16.9 Å². The third kappa shape index (κ3) is 4.54. The third-order valence-corrected chi connectivity index (χ3v) is 4.21. The number of esters is 2. The summed E-state index contributed by atoms with van der Waals surface area (Å²) in [5.74, 6) is -1.22. The minimum atomic E-state index is -0.637. The summed E-state index contributed by atoms with van der Waals surface area (Å²) in [7, 11) is 0. The van der Waals surface area contributed by atoms with E-state index >= 15 is 0 Å². The first-order chi connectivity index (χ1) is 14.2. The van der Waals surface area contributed by atoms with E-state index < -0.39 is 11.9 Å². The molecule has 6 nitrogen and oxygen atoms in total. The van der Waals surface area contributed by atoms with Crippen LogP contribution in [0.5, 0.6) is 0 Å². The van der Waals surface area contributed by atoms with Gasteiger partial charge in [-0.15, -0.1) is 0 Å². The Labute approximate surface area is 170 Å². The molecule has 29 heavy (non-hydrogen) atoms. The summed E-state index contributed by atoms with van der Waals surface area (Å²) in [5.41, 5.74) is 2.06. The number of carbonyl (C=O) groups excluding carboxylic acids is 2. The minimum Gasteiger partial charge on any atom is -0.462 e. The van der Waals surface area contributed by atoms with Crippen molar-refractivity contribution < 1.29 is 19.1 Å². The standard InChI is InChI=1S/C23H24N2O4/c1-3-15-28-22(26)19-20(23(27)29-16-4-2)24-25(18-13-9-6-10-14-18)21(19)17-11-7-5-8-12-17/h5-14H,3-4,15-16H2,1-2H3. The normalized spacial score (nSPS) is 10.6. The number of aromatic nitrogens is 2. The van der Waals surface area contributed by atoms with Gasteiger partial charge in [-0.1, -0.05) is 62.4 Å². The molecule has 0 saturated heterocycles. The Hall–Kier alpha value is -3.41. The number of carbonyl (C=O) groups is 2. The highest BCUT2D eigenvalue weighted by molar-refractivity contribution is 6.06. The maximum atomic E-state index is 13.0. The number of ether oxygens (including phenoxy) is 2. The van der Waals surface area contributed by atoms with Crippen molar-refractivity contribution in [2.75, 3.05) is 13.2 Å². The van der Waals surface area contributed by atoms with Gasteiger partial charge in [0.15, 0.2) is 5.69 Å². The van der Waals surface area contributed by atoms with Gasteiger partial charge in [-0.3, -0.25) is 0 Å². The van der Waals surface area contributed by atoms with Crippen molar-refractivity contribution in [2.24, 2.45) is 0 Å². The average Bonchev–Trinajstić information content (AvgIpc) is 3.18. The van der Waals surface area contributed by atoms with Crippen molar-refractivity contribution in [3.05, 3.63) is 71.9 Å². The Balaban J connectivity index is 2.24. The van der Waals surface area contributed by atoms with Crippen LogP contribution in [0.1, 0.15) is 47.5 Å². The Kier molecular flexibility index (Phi) is 6.79. The molecule has 1 aromatic heterocycles. The van der Waals surface area contributed by atoms with Crippen molar-refractivity contribution >= 4 is 11.9 Å². The topological polar surface area (TPSA) is 70.4 Å². The molecule has 0 radical (unpaired) electrons. The lowest BCUT2D eigenvalue weighted by atomic mass is 10.1.